The first-order chi connectivity index (χ1) is 9.70. The fraction of sp³-hybridized carbons (Fsp3) is 0.105. The predicted molar refractivity (Wildman–Crippen MR) is 84.2 cm³/mol. The maximum absolute atomic E-state index is 10.9. The number of hydrogen-bond donors (Lipinski definition) is 0. The van der Waals surface area contributed by atoms with Crippen LogP contribution in [0.3, 0.4) is 0 Å². The molecule has 3 aromatic carbocycles. The van der Waals surface area contributed by atoms with Crippen molar-refractivity contribution in [3.63, 3.8) is 0 Å². The molecule has 98 valence electrons. The molecule has 0 spiro atoms. The Kier molecular flexibility index (Phi) is 3.11. The van der Waals surface area contributed by atoms with Gasteiger partial charge in [0.1, 0.15) is 6.29 Å². The highest BCUT2D eigenvalue weighted by Crippen LogP contribution is 2.32. The highest BCUT2D eigenvalue weighted by atomic mass is 16.1. The topological polar surface area (TPSA) is 17.1 Å². The smallest absolute Gasteiger partial charge is 0.150 e. The molecule has 0 aliphatic rings. The Balaban J connectivity index is 2.30. The van der Waals surface area contributed by atoms with Gasteiger partial charge in [-0.15, -0.1) is 0 Å². The Bertz CT molecular complexity index is 800. The Morgan fingerprint density at radius 3 is 2.15 bits per heavy atom. The van der Waals surface area contributed by atoms with Gasteiger partial charge in [-0.2, -0.15) is 0 Å². The molecule has 0 aliphatic carbocycles. The molecule has 0 radical (unpaired) electrons. The first-order valence-corrected chi connectivity index (χ1v) is 6.75. The molecule has 20 heavy (non-hydrogen) atoms. The van der Waals surface area contributed by atoms with Crippen LogP contribution in [-0.4, -0.2) is 6.29 Å². The van der Waals surface area contributed by atoms with Crippen molar-refractivity contribution in [3.8, 4) is 11.1 Å². The minimum absolute atomic E-state index is 0.725. The average molecular weight is 260 g/mol. The molecule has 3 rings (SSSR count). The normalized spacial score (nSPS) is 10.7. The van der Waals surface area contributed by atoms with Crippen molar-refractivity contribution >= 4 is 17.1 Å². The van der Waals surface area contributed by atoms with Gasteiger partial charge in [0, 0.05) is 5.56 Å². The Hall–Kier alpha value is -2.41. The molecule has 0 bridgehead atoms. The second kappa shape index (κ2) is 4.93. The molecular weight excluding hydrogens is 244 g/mol. The van der Waals surface area contributed by atoms with Crippen LogP contribution >= 0.6 is 0 Å². The fourth-order valence-electron chi connectivity index (χ4n) is 2.75. The van der Waals surface area contributed by atoms with E-state index in [0.29, 0.717) is 0 Å². The van der Waals surface area contributed by atoms with Crippen LogP contribution in [-0.2, 0) is 0 Å². The largest absolute Gasteiger partial charge is 0.298 e. The van der Waals surface area contributed by atoms with Crippen LogP contribution in [0.2, 0.25) is 0 Å². The molecule has 0 N–H and O–H groups in total. The number of carbonyl (C=O) groups is 1. The summed E-state index contributed by atoms with van der Waals surface area (Å²) in [6.07, 6.45) is 0.893. The minimum Gasteiger partial charge on any atom is -0.298 e. The van der Waals surface area contributed by atoms with Crippen LogP contribution in [0.4, 0.5) is 0 Å². The van der Waals surface area contributed by atoms with Crippen LogP contribution in [0.5, 0.6) is 0 Å². The number of carbonyl (C=O) groups excluding carboxylic acids is 1. The number of rotatable bonds is 2. The number of fused-ring (bicyclic) bond motifs is 1. The van der Waals surface area contributed by atoms with E-state index in [9.17, 15) is 4.79 Å². The third-order valence-electron chi connectivity index (χ3n) is 3.82. The van der Waals surface area contributed by atoms with E-state index in [0.717, 1.165) is 17.4 Å². The lowest BCUT2D eigenvalue weighted by atomic mass is 9.92. The lowest BCUT2D eigenvalue weighted by Gasteiger charge is -2.12. The third-order valence-corrected chi connectivity index (χ3v) is 3.82. The fourth-order valence-corrected chi connectivity index (χ4v) is 2.75. The number of aldehydes is 1. The molecule has 0 aromatic heterocycles. The van der Waals surface area contributed by atoms with Crippen molar-refractivity contribution in [2.45, 2.75) is 13.8 Å². The molecule has 1 nitrogen and oxygen atoms in total. The first kappa shape index (κ1) is 12.6. The monoisotopic (exact) mass is 260 g/mol. The van der Waals surface area contributed by atoms with Crippen molar-refractivity contribution in [2.75, 3.05) is 0 Å². The molecule has 0 unspecified atom stereocenters. The lowest BCUT2D eigenvalue weighted by Crippen LogP contribution is -1.89. The quantitative estimate of drug-likeness (QED) is 0.597. The van der Waals surface area contributed by atoms with Crippen molar-refractivity contribution in [1.29, 1.82) is 0 Å². The van der Waals surface area contributed by atoms with Gasteiger partial charge in [-0.25, -0.2) is 0 Å². The predicted octanol–water partition coefficient (Wildman–Crippen LogP) is 4.94. The standard InChI is InChI=1S/C19H16O/c1-13-7-9-19(18-6-4-3-5-16(13)18)17-10-8-15(12-20)11-14(17)2/h3-12H,1-2H3. The van der Waals surface area contributed by atoms with Crippen molar-refractivity contribution in [1.82, 2.24) is 0 Å². The molecule has 1 heteroatoms. The Morgan fingerprint density at radius 1 is 0.750 bits per heavy atom. The molecule has 0 saturated heterocycles. The van der Waals surface area contributed by atoms with E-state index in [4.69, 9.17) is 0 Å². The van der Waals surface area contributed by atoms with E-state index >= 15 is 0 Å². The summed E-state index contributed by atoms with van der Waals surface area (Å²) in [7, 11) is 0. The van der Waals surface area contributed by atoms with E-state index in [1.54, 1.807) is 0 Å². The minimum atomic E-state index is 0.725. The van der Waals surface area contributed by atoms with Crippen LogP contribution in [0.1, 0.15) is 21.5 Å². The van der Waals surface area contributed by atoms with E-state index in [2.05, 4.69) is 50.2 Å². The van der Waals surface area contributed by atoms with Crippen molar-refractivity contribution < 1.29 is 4.79 Å². The highest BCUT2D eigenvalue weighted by Gasteiger charge is 2.08. The Labute approximate surface area is 118 Å². The lowest BCUT2D eigenvalue weighted by molar-refractivity contribution is 0.112. The summed E-state index contributed by atoms with van der Waals surface area (Å²) in [6, 6.07) is 18.6. The molecule has 0 atom stereocenters. The molecule has 0 amide bonds. The van der Waals surface area contributed by atoms with Gasteiger partial charge >= 0.3 is 0 Å². The summed E-state index contributed by atoms with van der Waals surface area (Å²) in [6.45, 7) is 4.19. The zero-order valence-electron chi connectivity index (χ0n) is 11.7. The van der Waals surface area contributed by atoms with Gasteiger partial charge in [0.15, 0.2) is 0 Å². The van der Waals surface area contributed by atoms with Gasteiger partial charge in [-0.3, -0.25) is 4.79 Å². The molecule has 0 fully saturated rings. The van der Waals surface area contributed by atoms with Gasteiger partial charge in [0.25, 0.3) is 0 Å². The van der Waals surface area contributed by atoms with E-state index in [1.807, 2.05) is 18.2 Å². The highest BCUT2D eigenvalue weighted by molar-refractivity contribution is 5.99. The first-order valence-electron chi connectivity index (χ1n) is 6.75. The number of aryl methyl sites for hydroxylation is 2. The summed E-state index contributed by atoms with van der Waals surface area (Å²) < 4.78 is 0. The van der Waals surface area contributed by atoms with Crippen LogP contribution < -0.4 is 0 Å². The summed E-state index contributed by atoms with van der Waals surface area (Å²) in [5, 5.41) is 2.54. The van der Waals surface area contributed by atoms with Gasteiger partial charge in [0.2, 0.25) is 0 Å². The third kappa shape index (κ3) is 2.01. The molecule has 3 aromatic rings. The van der Waals surface area contributed by atoms with Crippen LogP contribution in [0.25, 0.3) is 21.9 Å². The average Bonchev–Trinajstić information content (AvgIpc) is 2.48. The van der Waals surface area contributed by atoms with E-state index in [1.165, 1.54) is 27.5 Å². The van der Waals surface area contributed by atoms with Gasteiger partial charge in [0.05, 0.1) is 0 Å². The van der Waals surface area contributed by atoms with Crippen LogP contribution in [0.15, 0.2) is 54.6 Å². The van der Waals surface area contributed by atoms with Crippen molar-refractivity contribution in [2.24, 2.45) is 0 Å². The van der Waals surface area contributed by atoms with E-state index in [-0.39, 0.29) is 0 Å². The summed E-state index contributed by atoms with van der Waals surface area (Å²) >= 11 is 0. The zero-order chi connectivity index (χ0) is 14.1. The Morgan fingerprint density at radius 2 is 1.45 bits per heavy atom. The summed E-state index contributed by atoms with van der Waals surface area (Å²) in [4.78, 5) is 10.9. The second-order valence-corrected chi connectivity index (χ2v) is 5.17. The maximum atomic E-state index is 10.9. The molecule has 0 aliphatic heterocycles. The van der Waals surface area contributed by atoms with Crippen LogP contribution in [0, 0.1) is 13.8 Å². The van der Waals surface area contributed by atoms with Gasteiger partial charge in [-0.05, 0) is 52.9 Å². The van der Waals surface area contributed by atoms with E-state index < -0.39 is 0 Å². The summed E-state index contributed by atoms with van der Waals surface area (Å²) in [5.41, 5.74) is 5.55. The molecule has 0 saturated carbocycles. The number of hydrogen-bond acceptors (Lipinski definition) is 1. The SMILES string of the molecule is Cc1cc(C=O)ccc1-c1ccc(C)c2ccccc12. The zero-order valence-corrected chi connectivity index (χ0v) is 11.7. The summed E-state index contributed by atoms with van der Waals surface area (Å²) in [5.74, 6) is 0. The van der Waals surface area contributed by atoms with Gasteiger partial charge < -0.3 is 0 Å². The van der Waals surface area contributed by atoms with Gasteiger partial charge in [-0.1, -0.05) is 48.5 Å². The maximum Gasteiger partial charge on any atom is 0.150 e. The van der Waals surface area contributed by atoms with Crippen molar-refractivity contribution in [3.05, 3.63) is 71.3 Å². The molecule has 0 heterocycles. The molecular formula is C19H16O. The number of benzene rings is 3. The second-order valence-electron chi connectivity index (χ2n) is 5.17.